The van der Waals surface area contributed by atoms with Gasteiger partial charge in [0, 0.05) is 28.1 Å². The Kier molecular flexibility index (Phi) is 2.71. The Hall–Kier alpha value is -0.840. The summed E-state index contributed by atoms with van der Waals surface area (Å²) >= 11 is 3.51. The fourth-order valence-electron chi connectivity index (χ4n) is 2.17. The highest BCUT2D eigenvalue weighted by Gasteiger charge is 2.18. The van der Waals surface area contributed by atoms with Gasteiger partial charge in [-0.15, -0.1) is 0 Å². The van der Waals surface area contributed by atoms with E-state index in [1.165, 1.54) is 16.5 Å². The van der Waals surface area contributed by atoms with Gasteiger partial charge in [-0.3, -0.25) is 0 Å². The zero-order valence-corrected chi connectivity index (χ0v) is 10.4. The first kappa shape index (κ1) is 10.3. The molecule has 2 aromatic rings. The standard InChI is InChI=1S/C12H13BrN2O/c13-8-1-2-11-9(5-8)10(6-15-11)12-7-16-4-3-14-12/h1-2,5-6,12,14-15H,3-4,7H2/t12-/m1/s1. The smallest absolute Gasteiger partial charge is 0.0662 e. The average molecular weight is 281 g/mol. The Morgan fingerprint density at radius 1 is 1.38 bits per heavy atom. The van der Waals surface area contributed by atoms with E-state index < -0.39 is 0 Å². The second kappa shape index (κ2) is 4.20. The quantitative estimate of drug-likeness (QED) is 0.843. The number of benzene rings is 1. The molecule has 16 heavy (non-hydrogen) atoms. The third-order valence-electron chi connectivity index (χ3n) is 2.97. The lowest BCUT2D eigenvalue weighted by molar-refractivity contribution is 0.0773. The summed E-state index contributed by atoms with van der Waals surface area (Å²) in [7, 11) is 0. The molecule has 0 aliphatic carbocycles. The summed E-state index contributed by atoms with van der Waals surface area (Å²) in [5.41, 5.74) is 2.46. The molecule has 0 unspecified atom stereocenters. The molecule has 1 atom stereocenters. The summed E-state index contributed by atoms with van der Waals surface area (Å²) < 4.78 is 6.61. The van der Waals surface area contributed by atoms with Gasteiger partial charge >= 0.3 is 0 Å². The minimum absolute atomic E-state index is 0.303. The van der Waals surface area contributed by atoms with Crippen molar-refractivity contribution in [3.8, 4) is 0 Å². The van der Waals surface area contributed by atoms with Gasteiger partial charge in [0.05, 0.1) is 19.3 Å². The Balaban J connectivity index is 2.05. The number of hydrogen-bond donors (Lipinski definition) is 2. The molecule has 1 saturated heterocycles. The second-order valence-corrected chi connectivity index (χ2v) is 4.93. The number of H-pyrrole nitrogens is 1. The minimum atomic E-state index is 0.303. The minimum Gasteiger partial charge on any atom is -0.378 e. The van der Waals surface area contributed by atoms with Crippen LogP contribution in [0.5, 0.6) is 0 Å². The van der Waals surface area contributed by atoms with Crippen molar-refractivity contribution in [3.05, 3.63) is 34.4 Å². The molecule has 84 valence electrons. The Morgan fingerprint density at radius 2 is 2.31 bits per heavy atom. The lowest BCUT2D eigenvalue weighted by atomic mass is 10.1. The summed E-state index contributed by atoms with van der Waals surface area (Å²) in [5.74, 6) is 0. The average Bonchev–Trinajstić information content (AvgIpc) is 2.73. The monoisotopic (exact) mass is 280 g/mol. The molecule has 2 N–H and O–H groups in total. The molecule has 1 aromatic heterocycles. The maximum Gasteiger partial charge on any atom is 0.0662 e. The highest BCUT2D eigenvalue weighted by Crippen LogP contribution is 2.27. The van der Waals surface area contributed by atoms with Crippen LogP contribution in [0.1, 0.15) is 11.6 Å². The van der Waals surface area contributed by atoms with Crippen LogP contribution in [-0.4, -0.2) is 24.7 Å². The molecular weight excluding hydrogens is 268 g/mol. The van der Waals surface area contributed by atoms with Crippen molar-refractivity contribution in [2.45, 2.75) is 6.04 Å². The zero-order valence-electron chi connectivity index (χ0n) is 8.79. The van der Waals surface area contributed by atoms with Crippen molar-refractivity contribution < 1.29 is 4.74 Å². The van der Waals surface area contributed by atoms with Crippen LogP contribution >= 0.6 is 15.9 Å². The van der Waals surface area contributed by atoms with E-state index in [-0.39, 0.29) is 0 Å². The summed E-state index contributed by atoms with van der Waals surface area (Å²) in [6, 6.07) is 6.59. The van der Waals surface area contributed by atoms with Gasteiger partial charge in [0.15, 0.2) is 0 Å². The molecule has 1 aromatic carbocycles. The van der Waals surface area contributed by atoms with E-state index >= 15 is 0 Å². The first-order valence-electron chi connectivity index (χ1n) is 5.42. The Bertz CT molecular complexity index is 503. The van der Waals surface area contributed by atoms with Crippen molar-refractivity contribution in [3.63, 3.8) is 0 Å². The van der Waals surface area contributed by atoms with Crippen LogP contribution in [0.15, 0.2) is 28.9 Å². The highest BCUT2D eigenvalue weighted by atomic mass is 79.9. The number of aromatic nitrogens is 1. The van der Waals surface area contributed by atoms with Crippen molar-refractivity contribution in [1.82, 2.24) is 10.3 Å². The van der Waals surface area contributed by atoms with Crippen molar-refractivity contribution in [1.29, 1.82) is 0 Å². The predicted molar refractivity (Wildman–Crippen MR) is 67.6 cm³/mol. The largest absolute Gasteiger partial charge is 0.378 e. The molecule has 0 saturated carbocycles. The van der Waals surface area contributed by atoms with Crippen molar-refractivity contribution >= 4 is 26.8 Å². The van der Waals surface area contributed by atoms with E-state index in [1.807, 2.05) is 6.07 Å². The molecule has 0 radical (unpaired) electrons. The summed E-state index contributed by atoms with van der Waals surface area (Å²) in [4.78, 5) is 3.30. The van der Waals surface area contributed by atoms with E-state index in [2.05, 4.69) is 44.6 Å². The van der Waals surface area contributed by atoms with E-state index in [0.717, 1.165) is 24.2 Å². The fourth-order valence-corrected chi connectivity index (χ4v) is 2.53. The zero-order chi connectivity index (χ0) is 11.0. The Labute approximate surface area is 102 Å². The lowest BCUT2D eigenvalue weighted by Gasteiger charge is -2.23. The van der Waals surface area contributed by atoms with Crippen LogP contribution in [0, 0.1) is 0 Å². The molecule has 0 amide bonds. The number of fused-ring (bicyclic) bond motifs is 1. The van der Waals surface area contributed by atoms with Gasteiger partial charge in [-0.25, -0.2) is 0 Å². The van der Waals surface area contributed by atoms with Gasteiger partial charge in [-0.05, 0) is 23.8 Å². The lowest BCUT2D eigenvalue weighted by Crippen LogP contribution is -2.34. The third kappa shape index (κ3) is 1.77. The van der Waals surface area contributed by atoms with Crippen molar-refractivity contribution in [2.75, 3.05) is 19.8 Å². The fraction of sp³-hybridized carbons (Fsp3) is 0.333. The number of hydrogen-bond acceptors (Lipinski definition) is 2. The molecule has 1 fully saturated rings. The number of morpholine rings is 1. The van der Waals surface area contributed by atoms with E-state index in [4.69, 9.17) is 4.74 Å². The molecule has 3 rings (SSSR count). The van der Waals surface area contributed by atoms with Gasteiger partial charge in [0.1, 0.15) is 0 Å². The van der Waals surface area contributed by atoms with Crippen LogP contribution in [-0.2, 0) is 4.74 Å². The maximum atomic E-state index is 5.50. The molecule has 1 aliphatic heterocycles. The highest BCUT2D eigenvalue weighted by molar-refractivity contribution is 9.10. The van der Waals surface area contributed by atoms with E-state index in [9.17, 15) is 0 Å². The normalized spacial score (nSPS) is 21.4. The topological polar surface area (TPSA) is 37.0 Å². The summed E-state index contributed by atoms with van der Waals surface area (Å²) in [6.45, 7) is 2.48. The summed E-state index contributed by atoms with van der Waals surface area (Å²) in [6.07, 6.45) is 2.07. The van der Waals surface area contributed by atoms with Gasteiger partial charge in [0.2, 0.25) is 0 Å². The first-order chi connectivity index (χ1) is 7.84. The van der Waals surface area contributed by atoms with Crippen LogP contribution in [0.25, 0.3) is 10.9 Å². The first-order valence-corrected chi connectivity index (χ1v) is 6.21. The molecule has 1 aliphatic rings. The summed E-state index contributed by atoms with van der Waals surface area (Å²) in [5, 5.41) is 4.73. The molecule has 0 spiro atoms. The van der Waals surface area contributed by atoms with Crippen LogP contribution in [0.4, 0.5) is 0 Å². The SMILES string of the molecule is Brc1ccc2[nH]cc([C@H]3COCCN3)c2c1. The molecule has 3 nitrogen and oxygen atoms in total. The second-order valence-electron chi connectivity index (χ2n) is 4.02. The Morgan fingerprint density at radius 3 is 3.12 bits per heavy atom. The molecule has 4 heteroatoms. The molecule has 2 heterocycles. The van der Waals surface area contributed by atoms with Gasteiger partial charge in [0.25, 0.3) is 0 Å². The molecule has 0 bridgehead atoms. The maximum absolute atomic E-state index is 5.50. The number of aromatic amines is 1. The van der Waals surface area contributed by atoms with Crippen LogP contribution in [0.3, 0.4) is 0 Å². The van der Waals surface area contributed by atoms with Crippen LogP contribution in [0.2, 0.25) is 0 Å². The molecular formula is C12H13BrN2O. The van der Waals surface area contributed by atoms with Crippen LogP contribution < -0.4 is 5.32 Å². The number of ether oxygens (including phenoxy) is 1. The third-order valence-corrected chi connectivity index (χ3v) is 3.47. The number of nitrogens with one attached hydrogen (secondary N) is 2. The number of halogens is 1. The predicted octanol–water partition coefficient (Wildman–Crippen LogP) is 2.59. The number of rotatable bonds is 1. The van der Waals surface area contributed by atoms with Gasteiger partial charge in [-0.1, -0.05) is 15.9 Å². The van der Waals surface area contributed by atoms with Gasteiger partial charge in [-0.2, -0.15) is 0 Å². The van der Waals surface area contributed by atoms with E-state index in [1.54, 1.807) is 0 Å². The van der Waals surface area contributed by atoms with Crippen molar-refractivity contribution in [2.24, 2.45) is 0 Å². The van der Waals surface area contributed by atoms with Gasteiger partial charge < -0.3 is 15.0 Å². The van der Waals surface area contributed by atoms with E-state index in [0.29, 0.717) is 6.04 Å².